The lowest BCUT2D eigenvalue weighted by molar-refractivity contribution is 0.0950. The Morgan fingerprint density at radius 3 is 2.62 bits per heavy atom. The molecule has 3 aromatic heterocycles. The van der Waals surface area contributed by atoms with Gasteiger partial charge in [-0.1, -0.05) is 62.6 Å². The summed E-state index contributed by atoms with van der Waals surface area (Å²) >= 11 is 0. The number of amides is 1. The molecule has 2 N–H and O–H groups in total. The Morgan fingerprint density at radius 2 is 1.84 bits per heavy atom. The van der Waals surface area contributed by atoms with Crippen molar-refractivity contribution in [3.8, 4) is 0 Å². The molecule has 0 atom stereocenters. The van der Waals surface area contributed by atoms with Crippen molar-refractivity contribution in [2.75, 3.05) is 6.54 Å². The van der Waals surface area contributed by atoms with E-state index in [4.69, 9.17) is 5.41 Å². The monoisotopic (exact) mass is 429 g/mol. The molecule has 1 aromatic carbocycles. The number of fused-ring (bicyclic) bond motifs is 2. The standard InChI is InChI=1S/C25H27N5O2/c1-2-3-4-9-14-27-24(31)19-16-20-23(28-21-13-8-10-15-29(21)25(20)32)30(22(19)26)17-18-11-6-5-7-12-18/h5-8,10-13,15-16,26H,2-4,9,14,17H2,1H3,(H,27,31). The van der Waals surface area contributed by atoms with Crippen LogP contribution >= 0.6 is 0 Å². The maximum absolute atomic E-state index is 13.2. The molecule has 164 valence electrons. The van der Waals surface area contributed by atoms with Crippen LogP contribution in [0.15, 0.2) is 65.6 Å². The fraction of sp³-hybridized carbons (Fsp3) is 0.280. The normalized spacial score (nSPS) is 11.2. The largest absolute Gasteiger partial charge is 0.352 e. The summed E-state index contributed by atoms with van der Waals surface area (Å²) in [4.78, 5) is 30.8. The molecule has 1 amide bonds. The minimum Gasteiger partial charge on any atom is -0.352 e. The van der Waals surface area contributed by atoms with E-state index < -0.39 is 0 Å². The number of carbonyl (C=O) groups is 1. The number of hydrogen-bond donors (Lipinski definition) is 2. The van der Waals surface area contributed by atoms with Gasteiger partial charge in [0.05, 0.1) is 17.5 Å². The summed E-state index contributed by atoms with van der Waals surface area (Å²) in [7, 11) is 0. The van der Waals surface area contributed by atoms with Crippen LogP contribution in [0, 0.1) is 5.41 Å². The zero-order chi connectivity index (χ0) is 22.5. The number of aromatic nitrogens is 3. The van der Waals surface area contributed by atoms with Gasteiger partial charge in [0.15, 0.2) is 0 Å². The number of nitrogens with zero attached hydrogens (tertiary/aromatic N) is 3. The number of pyridine rings is 2. The van der Waals surface area contributed by atoms with Gasteiger partial charge in [-0.25, -0.2) is 4.98 Å². The van der Waals surface area contributed by atoms with Crippen LogP contribution < -0.4 is 16.4 Å². The fourth-order valence-corrected chi connectivity index (χ4v) is 3.83. The zero-order valence-corrected chi connectivity index (χ0v) is 18.2. The summed E-state index contributed by atoms with van der Waals surface area (Å²) in [5, 5.41) is 12.0. The predicted molar refractivity (Wildman–Crippen MR) is 125 cm³/mol. The Bertz CT molecular complexity index is 1370. The quantitative estimate of drug-likeness (QED) is 0.332. The molecule has 0 saturated heterocycles. The van der Waals surface area contributed by atoms with Gasteiger partial charge in [-0.15, -0.1) is 0 Å². The molecule has 0 spiro atoms. The molecule has 32 heavy (non-hydrogen) atoms. The van der Waals surface area contributed by atoms with Crippen molar-refractivity contribution in [3.63, 3.8) is 0 Å². The third-order valence-electron chi connectivity index (χ3n) is 5.56. The van der Waals surface area contributed by atoms with Crippen molar-refractivity contribution in [1.29, 1.82) is 5.41 Å². The Labute approximate surface area is 185 Å². The van der Waals surface area contributed by atoms with E-state index in [-0.39, 0.29) is 22.5 Å². The van der Waals surface area contributed by atoms with Gasteiger partial charge in [0, 0.05) is 12.7 Å². The lowest BCUT2D eigenvalue weighted by atomic mass is 10.1. The zero-order valence-electron chi connectivity index (χ0n) is 18.2. The molecule has 0 saturated carbocycles. The van der Waals surface area contributed by atoms with E-state index in [0.717, 1.165) is 31.2 Å². The van der Waals surface area contributed by atoms with Gasteiger partial charge >= 0.3 is 0 Å². The summed E-state index contributed by atoms with van der Waals surface area (Å²) in [5.74, 6) is -0.340. The van der Waals surface area contributed by atoms with E-state index >= 15 is 0 Å². The molecule has 3 heterocycles. The minimum atomic E-state index is -0.340. The number of rotatable bonds is 8. The van der Waals surface area contributed by atoms with Crippen LogP contribution in [0.3, 0.4) is 0 Å². The Balaban J connectivity index is 1.84. The third-order valence-corrected chi connectivity index (χ3v) is 5.56. The number of nitrogens with one attached hydrogen (secondary N) is 2. The number of carbonyl (C=O) groups excluding carboxylic acids is 1. The summed E-state index contributed by atoms with van der Waals surface area (Å²) in [5.41, 5.74) is 1.82. The lowest BCUT2D eigenvalue weighted by Crippen LogP contribution is -2.35. The van der Waals surface area contributed by atoms with Gasteiger partial charge in [0.2, 0.25) is 0 Å². The van der Waals surface area contributed by atoms with Crippen LogP contribution in [0.5, 0.6) is 0 Å². The Kier molecular flexibility index (Phi) is 6.44. The smallest absolute Gasteiger partial charge is 0.267 e. The van der Waals surface area contributed by atoms with Gasteiger partial charge in [0.1, 0.15) is 16.8 Å². The SMILES string of the molecule is CCCCCCNC(=O)c1cc2c(=O)n3ccccc3nc2n(Cc2ccccc2)c1=N. The lowest BCUT2D eigenvalue weighted by Gasteiger charge is -2.15. The van der Waals surface area contributed by atoms with Gasteiger partial charge in [-0.3, -0.25) is 19.4 Å². The van der Waals surface area contributed by atoms with Crippen molar-refractivity contribution >= 4 is 22.6 Å². The average molecular weight is 430 g/mol. The first-order chi connectivity index (χ1) is 15.6. The molecule has 0 fully saturated rings. The van der Waals surface area contributed by atoms with E-state index in [1.165, 1.54) is 10.5 Å². The highest BCUT2D eigenvalue weighted by molar-refractivity contribution is 5.96. The van der Waals surface area contributed by atoms with E-state index in [2.05, 4.69) is 17.2 Å². The molecule has 4 rings (SSSR count). The van der Waals surface area contributed by atoms with Crippen molar-refractivity contribution in [2.45, 2.75) is 39.2 Å². The molecular weight excluding hydrogens is 402 g/mol. The highest BCUT2D eigenvalue weighted by atomic mass is 16.1. The van der Waals surface area contributed by atoms with Crippen molar-refractivity contribution in [1.82, 2.24) is 19.3 Å². The molecule has 4 aromatic rings. The molecule has 0 aliphatic heterocycles. The fourth-order valence-electron chi connectivity index (χ4n) is 3.83. The highest BCUT2D eigenvalue weighted by Gasteiger charge is 2.17. The van der Waals surface area contributed by atoms with Crippen LogP contribution in [0.4, 0.5) is 0 Å². The van der Waals surface area contributed by atoms with E-state index in [0.29, 0.717) is 29.8 Å². The predicted octanol–water partition coefficient (Wildman–Crippen LogP) is 3.49. The Morgan fingerprint density at radius 1 is 1.06 bits per heavy atom. The molecule has 0 aliphatic rings. The molecule has 7 heteroatoms. The van der Waals surface area contributed by atoms with E-state index in [9.17, 15) is 9.59 Å². The summed E-state index contributed by atoms with van der Waals surface area (Å²) in [6.07, 6.45) is 5.85. The minimum absolute atomic E-state index is 0.0413. The topological polar surface area (TPSA) is 92.2 Å². The molecule has 0 bridgehead atoms. The third kappa shape index (κ3) is 4.32. The number of unbranched alkanes of at least 4 members (excludes halogenated alkanes) is 3. The first-order valence-electron chi connectivity index (χ1n) is 11.0. The van der Waals surface area contributed by atoms with Gasteiger partial charge < -0.3 is 9.88 Å². The second-order valence-electron chi connectivity index (χ2n) is 7.88. The molecule has 0 radical (unpaired) electrons. The summed E-state index contributed by atoms with van der Waals surface area (Å²) in [6, 6.07) is 16.5. The van der Waals surface area contributed by atoms with Crippen molar-refractivity contribution in [3.05, 3.63) is 87.8 Å². The van der Waals surface area contributed by atoms with Crippen LogP contribution in [0.25, 0.3) is 16.7 Å². The maximum atomic E-state index is 13.2. The maximum Gasteiger partial charge on any atom is 0.267 e. The summed E-state index contributed by atoms with van der Waals surface area (Å²) in [6.45, 7) is 3.02. The first-order valence-corrected chi connectivity index (χ1v) is 11.0. The number of benzene rings is 1. The second-order valence-corrected chi connectivity index (χ2v) is 7.88. The van der Waals surface area contributed by atoms with Crippen LogP contribution in [0.2, 0.25) is 0 Å². The van der Waals surface area contributed by atoms with E-state index in [1.807, 2.05) is 36.4 Å². The van der Waals surface area contributed by atoms with Crippen molar-refractivity contribution < 1.29 is 4.79 Å². The molecule has 0 aliphatic carbocycles. The average Bonchev–Trinajstić information content (AvgIpc) is 2.81. The van der Waals surface area contributed by atoms with Crippen LogP contribution in [0.1, 0.15) is 48.5 Å². The van der Waals surface area contributed by atoms with E-state index in [1.54, 1.807) is 22.9 Å². The second kappa shape index (κ2) is 9.60. The van der Waals surface area contributed by atoms with Crippen molar-refractivity contribution in [2.24, 2.45) is 0 Å². The van der Waals surface area contributed by atoms with Crippen LogP contribution in [-0.4, -0.2) is 26.4 Å². The van der Waals surface area contributed by atoms with Gasteiger partial charge in [-0.05, 0) is 30.2 Å². The molecule has 7 nitrogen and oxygen atoms in total. The Hall–Kier alpha value is -3.74. The molecule has 0 unspecified atom stereocenters. The molecular formula is C25H27N5O2. The van der Waals surface area contributed by atoms with Gasteiger partial charge in [-0.2, -0.15) is 0 Å². The van der Waals surface area contributed by atoms with Crippen LogP contribution in [-0.2, 0) is 6.54 Å². The number of hydrogen-bond acceptors (Lipinski definition) is 4. The highest BCUT2D eigenvalue weighted by Crippen LogP contribution is 2.12. The first kappa shape index (κ1) is 21.5. The summed E-state index contributed by atoms with van der Waals surface area (Å²) < 4.78 is 3.11. The van der Waals surface area contributed by atoms with Gasteiger partial charge in [0.25, 0.3) is 11.5 Å².